The van der Waals surface area contributed by atoms with Crippen molar-refractivity contribution in [2.45, 2.75) is 65.0 Å². The fourth-order valence-electron chi connectivity index (χ4n) is 5.39. The first-order chi connectivity index (χ1) is 20.6. The minimum Gasteiger partial charge on any atom is -0.480 e. The number of hydrogen-bond donors (Lipinski definition) is 1. The third-order valence-corrected chi connectivity index (χ3v) is 7.72. The summed E-state index contributed by atoms with van der Waals surface area (Å²) in [6.45, 7) is 11.0. The summed E-state index contributed by atoms with van der Waals surface area (Å²) in [4.78, 5) is 25.7. The van der Waals surface area contributed by atoms with Gasteiger partial charge in [0, 0.05) is 37.3 Å². The summed E-state index contributed by atoms with van der Waals surface area (Å²) >= 11 is 0. The molecular formula is C30H35F3N8O2. The fraction of sp³-hybridized carbons (Fsp3) is 0.433. The van der Waals surface area contributed by atoms with Crippen LogP contribution in [0.4, 0.5) is 13.2 Å². The molecule has 3 aromatic rings. The number of rotatable bonds is 9. The smallest absolute Gasteiger partial charge is 0.434 e. The van der Waals surface area contributed by atoms with Crippen molar-refractivity contribution < 1.29 is 23.0 Å². The summed E-state index contributed by atoms with van der Waals surface area (Å²) in [5.41, 5.74) is 2.71. The van der Waals surface area contributed by atoms with Crippen LogP contribution in [0.5, 0.6) is 5.88 Å². The monoisotopic (exact) mass is 596 g/mol. The van der Waals surface area contributed by atoms with E-state index in [1.807, 2.05) is 35.8 Å². The molecule has 3 heterocycles. The second-order valence-electron chi connectivity index (χ2n) is 10.5. The van der Waals surface area contributed by atoms with Crippen LogP contribution in [0.15, 0.2) is 58.3 Å². The molecule has 228 valence electrons. The molecule has 1 aliphatic heterocycles. The number of aryl methyl sites for hydroxylation is 1. The zero-order chi connectivity index (χ0) is 30.9. The zero-order valence-electron chi connectivity index (χ0n) is 24.6. The molecule has 13 heteroatoms. The number of nitrogens with zero attached hydrogens (tertiary/aromatic N) is 8. The van der Waals surface area contributed by atoms with Crippen LogP contribution >= 0.6 is 0 Å². The van der Waals surface area contributed by atoms with E-state index < -0.39 is 18.1 Å². The van der Waals surface area contributed by atoms with Crippen molar-refractivity contribution in [2.75, 3.05) is 20.2 Å². The quantitative estimate of drug-likeness (QED) is 0.272. The summed E-state index contributed by atoms with van der Waals surface area (Å²) < 4.78 is 46.9. The van der Waals surface area contributed by atoms with Gasteiger partial charge in [0.05, 0.1) is 25.0 Å². The number of aromatic nitrogens is 4. The predicted octanol–water partition coefficient (Wildman–Crippen LogP) is 5.06. The number of amidine groups is 1. The topological polar surface area (TPSA) is 104 Å². The Hall–Kier alpha value is -4.26. The number of benzene rings is 1. The molecule has 1 unspecified atom stereocenters. The lowest BCUT2D eigenvalue weighted by atomic mass is 10.1. The van der Waals surface area contributed by atoms with Gasteiger partial charge in [0.25, 0.3) is 0 Å². The van der Waals surface area contributed by atoms with Crippen LogP contribution in [-0.4, -0.2) is 73.4 Å². The Morgan fingerprint density at radius 1 is 1.14 bits per heavy atom. The van der Waals surface area contributed by atoms with E-state index in [2.05, 4.69) is 26.7 Å². The van der Waals surface area contributed by atoms with Crippen LogP contribution in [0, 0.1) is 0 Å². The molecule has 2 aromatic heterocycles. The van der Waals surface area contributed by atoms with Gasteiger partial charge in [0.15, 0.2) is 17.4 Å². The summed E-state index contributed by atoms with van der Waals surface area (Å²) in [7, 11) is 1.54. The minimum absolute atomic E-state index is 0.251. The van der Waals surface area contributed by atoms with Crippen molar-refractivity contribution in [1.29, 1.82) is 0 Å². The largest absolute Gasteiger partial charge is 0.480 e. The normalized spacial score (nSPS) is 18.0. The number of imidazole rings is 1. The molecule has 43 heavy (non-hydrogen) atoms. The van der Waals surface area contributed by atoms with Crippen molar-refractivity contribution in [1.82, 2.24) is 29.3 Å². The second kappa shape index (κ2) is 12.2. The summed E-state index contributed by atoms with van der Waals surface area (Å²) in [6, 6.07) is 7.21. The number of β-amino-alcohol motifs (C(OH)–C–C–N with tert-alkyl or cyclic N) is 1. The van der Waals surface area contributed by atoms with Crippen LogP contribution in [0.2, 0.25) is 0 Å². The van der Waals surface area contributed by atoms with Gasteiger partial charge in [-0.05, 0) is 45.9 Å². The molecule has 0 bridgehead atoms. The number of aliphatic imine (C=N–C) groups is 2. The number of likely N-dealkylation sites (N-methyl/N-ethyl adjacent to an activating group) is 1. The molecule has 0 spiro atoms. The summed E-state index contributed by atoms with van der Waals surface area (Å²) in [5.74, 6) is 1.82. The van der Waals surface area contributed by atoms with Crippen molar-refractivity contribution in [3.05, 3.63) is 70.8 Å². The number of hydrogen-bond acceptors (Lipinski definition) is 8. The maximum atomic E-state index is 13.3. The molecule has 0 saturated heterocycles. The van der Waals surface area contributed by atoms with E-state index in [-0.39, 0.29) is 18.3 Å². The van der Waals surface area contributed by atoms with Crippen LogP contribution in [-0.2, 0) is 19.3 Å². The van der Waals surface area contributed by atoms with E-state index in [1.54, 1.807) is 19.1 Å². The Bertz CT molecular complexity index is 1540. The Labute approximate surface area is 248 Å². The van der Waals surface area contributed by atoms with Gasteiger partial charge in [-0.1, -0.05) is 24.3 Å². The van der Waals surface area contributed by atoms with Crippen molar-refractivity contribution in [3.8, 4) is 17.3 Å². The second-order valence-corrected chi connectivity index (χ2v) is 10.5. The molecular weight excluding hydrogens is 561 g/mol. The first-order valence-corrected chi connectivity index (χ1v) is 14.2. The highest BCUT2D eigenvalue weighted by atomic mass is 19.4. The molecule has 0 radical (unpaired) electrons. The van der Waals surface area contributed by atoms with Crippen molar-refractivity contribution >= 4 is 12.6 Å². The van der Waals surface area contributed by atoms with Crippen molar-refractivity contribution in [3.63, 3.8) is 0 Å². The molecule has 2 aliphatic rings. The number of aliphatic hydroxyl groups excluding tert-OH is 1. The highest BCUT2D eigenvalue weighted by Crippen LogP contribution is 2.42. The molecule has 1 saturated carbocycles. The highest BCUT2D eigenvalue weighted by molar-refractivity contribution is 6.04. The molecule has 1 fully saturated rings. The number of allylic oxidation sites excluding steroid dienone is 1. The average Bonchev–Trinajstić information content (AvgIpc) is 3.74. The maximum Gasteiger partial charge on any atom is 0.434 e. The van der Waals surface area contributed by atoms with Crippen LogP contribution in [0.1, 0.15) is 62.0 Å². The number of ether oxygens (including phenoxy) is 1. The van der Waals surface area contributed by atoms with Gasteiger partial charge < -0.3 is 24.2 Å². The van der Waals surface area contributed by atoms with Gasteiger partial charge in [-0.3, -0.25) is 0 Å². The summed E-state index contributed by atoms with van der Waals surface area (Å²) in [5, 5.41) is 11.0. The average molecular weight is 597 g/mol. The Kier molecular flexibility index (Phi) is 8.54. The molecule has 0 amide bonds. The molecule has 5 rings (SSSR count). The third kappa shape index (κ3) is 6.12. The van der Waals surface area contributed by atoms with Gasteiger partial charge in [-0.25, -0.2) is 24.9 Å². The number of alkyl halides is 3. The molecule has 1 atom stereocenters. The standard InChI is InChI=1S/C30H35F3N8O2/c1-6-39-15-22(30(31,32)33)37-28(39)21-10-8-19(9-11-21)14-40-16-23(42)41(7-2)18(3)27(40)38-26(34-4)24-25(20-12-13-20)35-17-36-29(24)43-5/h8-11,15,17,20,23,42H,4,6-7,12-14,16H2,1-3,5H3/b38-26-. The lowest BCUT2D eigenvalue weighted by molar-refractivity contribution is -0.140. The zero-order valence-corrected chi connectivity index (χ0v) is 24.6. The van der Waals surface area contributed by atoms with E-state index in [1.165, 1.54) is 18.0 Å². The van der Waals surface area contributed by atoms with Gasteiger partial charge >= 0.3 is 6.18 Å². The molecule has 10 nitrogen and oxygen atoms in total. The number of halogens is 3. The molecule has 1 aliphatic carbocycles. The van der Waals surface area contributed by atoms with E-state index >= 15 is 0 Å². The third-order valence-electron chi connectivity index (χ3n) is 7.72. The SMILES string of the molecule is C=N/C(=N\C1=C(C)N(CC)C(O)CN1Cc1ccc(-c2nc(C(F)(F)F)cn2CC)cc1)c1c(OC)ncnc1C1CC1. The van der Waals surface area contributed by atoms with Crippen LogP contribution in [0.25, 0.3) is 11.4 Å². The molecule has 1 aromatic carbocycles. The van der Waals surface area contributed by atoms with E-state index in [0.29, 0.717) is 48.3 Å². The van der Waals surface area contributed by atoms with Crippen molar-refractivity contribution in [2.24, 2.45) is 9.98 Å². The Morgan fingerprint density at radius 2 is 1.86 bits per heavy atom. The van der Waals surface area contributed by atoms with Gasteiger partial charge in [0.2, 0.25) is 5.88 Å². The lowest BCUT2D eigenvalue weighted by Crippen LogP contribution is -2.48. The van der Waals surface area contributed by atoms with E-state index in [0.717, 1.165) is 36.0 Å². The predicted molar refractivity (Wildman–Crippen MR) is 156 cm³/mol. The summed E-state index contributed by atoms with van der Waals surface area (Å²) in [6.07, 6.45) is -0.767. The van der Waals surface area contributed by atoms with E-state index in [4.69, 9.17) is 9.73 Å². The minimum atomic E-state index is -4.52. The fourth-order valence-corrected chi connectivity index (χ4v) is 5.39. The lowest BCUT2D eigenvalue weighted by Gasteiger charge is -2.41. The van der Waals surface area contributed by atoms with Gasteiger partial charge in [-0.15, -0.1) is 0 Å². The van der Waals surface area contributed by atoms with Gasteiger partial charge in [0.1, 0.15) is 23.9 Å². The first kappa shape index (κ1) is 30.2. The first-order valence-electron chi connectivity index (χ1n) is 14.2. The van der Waals surface area contributed by atoms with Gasteiger partial charge in [-0.2, -0.15) is 13.2 Å². The van der Waals surface area contributed by atoms with Crippen LogP contribution in [0.3, 0.4) is 0 Å². The molecule has 1 N–H and O–H groups in total. The Morgan fingerprint density at radius 3 is 2.44 bits per heavy atom. The number of methoxy groups -OCH3 is 1. The number of aliphatic hydroxyl groups is 1. The van der Waals surface area contributed by atoms with Crippen LogP contribution < -0.4 is 4.74 Å². The maximum absolute atomic E-state index is 13.3. The Balaban J connectivity index is 1.50. The highest BCUT2D eigenvalue weighted by Gasteiger charge is 2.35. The van der Waals surface area contributed by atoms with E-state index in [9.17, 15) is 18.3 Å².